The minimum Gasteiger partial charge on any atom is -0.310 e. The van der Waals surface area contributed by atoms with Gasteiger partial charge in [-0.3, -0.25) is 4.79 Å². The van der Waals surface area contributed by atoms with Gasteiger partial charge in [-0.15, -0.1) is 0 Å². The Bertz CT molecular complexity index is 261. The minimum absolute atomic E-state index is 0.0892. The summed E-state index contributed by atoms with van der Waals surface area (Å²) in [5.41, 5.74) is 0. The highest BCUT2D eigenvalue weighted by molar-refractivity contribution is 9.10. The molecule has 1 heterocycles. The van der Waals surface area contributed by atoms with E-state index in [1.807, 2.05) is 6.07 Å². The van der Waals surface area contributed by atoms with Gasteiger partial charge in [-0.25, -0.2) is 4.98 Å². The maximum atomic E-state index is 11.1. The van der Waals surface area contributed by atoms with Crippen LogP contribution in [0.5, 0.6) is 0 Å². The SMILES string of the molecule is C[C@H](Br)C(=O)Nc1ccccn1. The van der Waals surface area contributed by atoms with Gasteiger partial charge in [0, 0.05) is 6.20 Å². The quantitative estimate of drug-likeness (QED) is 0.785. The summed E-state index contributed by atoms with van der Waals surface area (Å²) in [5.74, 6) is 0.488. The van der Waals surface area contributed by atoms with Gasteiger partial charge in [0.1, 0.15) is 5.82 Å². The average molecular weight is 229 g/mol. The molecule has 0 unspecified atom stereocenters. The van der Waals surface area contributed by atoms with Crippen molar-refractivity contribution < 1.29 is 4.79 Å². The molecule has 3 nitrogen and oxygen atoms in total. The van der Waals surface area contributed by atoms with Crippen LogP contribution in [0.25, 0.3) is 0 Å². The zero-order valence-electron chi connectivity index (χ0n) is 6.62. The molecule has 0 aliphatic heterocycles. The van der Waals surface area contributed by atoms with Gasteiger partial charge in [0.25, 0.3) is 0 Å². The van der Waals surface area contributed by atoms with E-state index >= 15 is 0 Å². The molecular formula is C8H9BrN2O. The summed E-state index contributed by atoms with van der Waals surface area (Å²) in [6.07, 6.45) is 1.63. The number of aromatic nitrogens is 1. The summed E-state index contributed by atoms with van der Waals surface area (Å²) < 4.78 is 0. The number of hydrogen-bond donors (Lipinski definition) is 1. The van der Waals surface area contributed by atoms with E-state index in [4.69, 9.17) is 0 Å². The largest absolute Gasteiger partial charge is 0.310 e. The van der Waals surface area contributed by atoms with Gasteiger partial charge in [-0.05, 0) is 19.1 Å². The van der Waals surface area contributed by atoms with Crippen LogP contribution in [0, 0.1) is 0 Å². The van der Waals surface area contributed by atoms with Crippen molar-refractivity contribution in [1.82, 2.24) is 4.98 Å². The minimum atomic E-state index is -0.195. The summed E-state index contributed by atoms with van der Waals surface area (Å²) in [5, 5.41) is 2.64. The first-order valence-corrected chi connectivity index (χ1v) is 4.47. The van der Waals surface area contributed by atoms with E-state index in [2.05, 4.69) is 26.2 Å². The molecule has 1 N–H and O–H groups in total. The maximum Gasteiger partial charge on any atom is 0.239 e. The topological polar surface area (TPSA) is 42.0 Å². The van der Waals surface area contributed by atoms with E-state index in [0.717, 1.165) is 0 Å². The van der Waals surface area contributed by atoms with Gasteiger partial charge in [0.15, 0.2) is 0 Å². The number of anilines is 1. The Labute approximate surface area is 79.3 Å². The highest BCUT2D eigenvalue weighted by atomic mass is 79.9. The predicted octanol–water partition coefficient (Wildman–Crippen LogP) is 1.80. The monoisotopic (exact) mass is 228 g/mol. The first kappa shape index (κ1) is 9.19. The number of hydrogen-bond acceptors (Lipinski definition) is 2. The van der Waals surface area contributed by atoms with E-state index < -0.39 is 0 Å². The van der Waals surface area contributed by atoms with E-state index in [9.17, 15) is 4.79 Å². The van der Waals surface area contributed by atoms with E-state index in [1.165, 1.54) is 0 Å². The summed E-state index contributed by atoms with van der Waals surface area (Å²) in [4.78, 5) is 14.9. The number of nitrogens with one attached hydrogen (secondary N) is 1. The Balaban J connectivity index is 2.59. The fourth-order valence-corrected chi connectivity index (χ4v) is 0.777. The number of amides is 1. The molecule has 0 saturated heterocycles. The zero-order chi connectivity index (χ0) is 8.97. The molecule has 12 heavy (non-hydrogen) atoms. The summed E-state index contributed by atoms with van der Waals surface area (Å²) >= 11 is 3.16. The number of halogens is 1. The van der Waals surface area contributed by atoms with Crippen LogP contribution in [0.2, 0.25) is 0 Å². The van der Waals surface area contributed by atoms with Crippen molar-refractivity contribution in [1.29, 1.82) is 0 Å². The second-order valence-corrected chi connectivity index (χ2v) is 3.69. The predicted molar refractivity (Wildman–Crippen MR) is 51.3 cm³/mol. The molecule has 0 bridgehead atoms. The van der Waals surface area contributed by atoms with Crippen LogP contribution in [0.15, 0.2) is 24.4 Å². The highest BCUT2D eigenvalue weighted by Crippen LogP contribution is 2.04. The van der Waals surface area contributed by atoms with Crippen LogP contribution in [-0.4, -0.2) is 15.7 Å². The smallest absolute Gasteiger partial charge is 0.239 e. The van der Waals surface area contributed by atoms with Crippen LogP contribution in [-0.2, 0) is 4.79 Å². The van der Waals surface area contributed by atoms with E-state index in [-0.39, 0.29) is 10.7 Å². The third-order valence-corrected chi connectivity index (χ3v) is 1.69. The van der Waals surface area contributed by atoms with Gasteiger partial charge in [-0.1, -0.05) is 22.0 Å². The molecule has 0 radical (unpaired) electrons. The molecule has 0 aromatic carbocycles. The fourth-order valence-electron chi connectivity index (χ4n) is 0.662. The third kappa shape index (κ3) is 2.62. The number of nitrogens with zero attached hydrogens (tertiary/aromatic N) is 1. The number of pyridine rings is 1. The second kappa shape index (κ2) is 4.21. The number of alkyl halides is 1. The number of carbonyl (C=O) groups excluding carboxylic acids is 1. The van der Waals surface area contributed by atoms with Crippen molar-refractivity contribution in [3.8, 4) is 0 Å². The lowest BCUT2D eigenvalue weighted by Crippen LogP contribution is -2.20. The van der Waals surface area contributed by atoms with Crippen LogP contribution < -0.4 is 5.32 Å². The molecule has 1 atom stereocenters. The third-order valence-electron chi connectivity index (χ3n) is 1.28. The normalized spacial score (nSPS) is 12.2. The highest BCUT2D eigenvalue weighted by Gasteiger charge is 2.07. The Kier molecular flexibility index (Phi) is 3.22. The lowest BCUT2D eigenvalue weighted by molar-refractivity contribution is -0.115. The van der Waals surface area contributed by atoms with Crippen molar-refractivity contribution in [2.45, 2.75) is 11.8 Å². The Morgan fingerprint density at radius 3 is 2.92 bits per heavy atom. The van der Waals surface area contributed by atoms with Gasteiger partial charge in [0.2, 0.25) is 5.91 Å². The number of carbonyl (C=O) groups is 1. The Hall–Kier alpha value is -0.900. The molecule has 0 fully saturated rings. The Morgan fingerprint density at radius 1 is 1.67 bits per heavy atom. The lowest BCUT2D eigenvalue weighted by Gasteiger charge is -2.04. The van der Waals surface area contributed by atoms with Gasteiger partial charge in [0.05, 0.1) is 4.83 Å². The fraction of sp³-hybridized carbons (Fsp3) is 0.250. The molecule has 0 spiro atoms. The zero-order valence-corrected chi connectivity index (χ0v) is 8.21. The van der Waals surface area contributed by atoms with Gasteiger partial charge >= 0.3 is 0 Å². The molecule has 1 amide bonds. The van der Waals surface area contributed by atoms with Crippen LogP contribution >= 0.6 is 15.9 Å². The molecule has 4 heteroatoms. The van der Waals surface area contributed by atoms with E-state index in [0.29, 0.717) is 5.82 Å². The molecule has 64 valence electrons. The first-order chi connectivity index (χ1) is 5.70. The average Bonchev–Trinajstić information content (AvgIpc) is 2.06. The number of rotatable bonds is 2. The first-order valence-electron chi connectivity index (χ1n) is 3.56. The van der Waals surface area contributed by atoms with Gasteiger partial charge in [-0.2, -0.15) is 0 Å². The van der Waals surface area contributed by atoms with Crippen molar-refractivity contribution >= 4 is 27.7 Å². The molecular weight excluding hydrogens is 220 g/mol. The summed E-state index contributed by atoms with van der Waals surface area (Å²) in [6, 6.07) is 5.36. The summed E-state index contributed by atoms with van der Waals surface area (Å²) in [7, 11) is 0. The lowest BCUT2D eigenvalue weighted by atomic mass is 10.4. The molecule has 0 saturated carbocycles. The Morgan fingerprint density at radius 2 is 2.42 bits per heavy atom. The molecule has 1 aromatic heterocycles. The van der Waals surface area contributed by atoms with Crippen molar-refractivity contribution in [3.63, 3.8) is 0 Å². The van der Waals surface area contributed by atoms with Crippen molar-refractivity contribution in [2.75, 3.05) is 5.32 Å². The second-order valence-electron chi connectivity index (χ2n) is 2.32. The summed E-state index contributed by atoms with van der Waals surface area (Å²) in [6.45, 7) is 1.76. The van der Waals surface area contributed by atoms with E-state index in [1.54, 1.807) is 25.3 Å². The standard InChI is InChI=1S/C8H9BrN2O/c1-6(9)8(12)11-7-4-2-3-5-10-7/h2-6H,1H3,(H,10,11,12)/t6-/m0/s1. The molecule has 1 aromatic rings. The van der Waals surface area contributed by atoms with Crippen LogP contribution in [0.4, 0.5) is 5.82 Å². The van der Waals surface area contributed by atoms with Crippen LogP contribution in [0.1, 0.15) is 6.92 Å². The molecule has 0 aliphatic rings. The van der Waals surface area contributed by atoms with Crippen molar-refractivity contribution in [2.24, 2.45) is 0 Å². The maximum absolute atomic E-state index is 11.1. The van der Waals surface area contributed by atoms with Crippen molar-refractivity contribution in [3.05, 3.63) is 24.4 Å². The molecule has 1 rings (SSSR count). The van der Waals surface area contributed by atoms with Crippen LogP contribution in [0.3, 0.4) is 0 Å². The molecule has 0 aliphatic carbocycles. The van der Waals surface area contributed by atoms with Gasteiger partial charge < -0.3 is 5.32 Å².